The largest absolute Gasteiger partial charge is 0.588 e. The van der Waals surface area contributed by atoms with E-state index in [2.05, 4.69) is 24.7 Å². The topological polar surface area (TPSA) is 91.2 Å². The van der Waals surface area contributed by atoms with E-state index in [4.69, 9.17) is 4.74 Å². The van der Waals surface area contributed by atoms with Gasteiger partial charge in [-0.05, 0) is 69.1 Å². The van der Waals surface area contributed by atoms with Gasteiger partial charge in [0.1, 0.15) is 23.1 Å². The van der Waals surface area contributed by atoms with Gasteiger partial charge in [-0.25, -0.2) is 9.37 Å². The molecule has 0 aliphatic carbocycles. The second-order valence-electron chi connectivity index (χ2n) is 10.6. The normalized spacial score (nSPS) is 15.8. The van der Waals surface area contributed by atoms with Crippen molar-refractivity contribution in [3.8, 4) is 22.9 Å². The van der Waals surface area contributed by atoms with Crippen molar-refractivity contribution in [2.24, 2.45) is 7.05 Å². The van der Waals surface area contributed by atoms with Crippen LogP contribution in [0.5, 0.6) is 11.6 Å². The molecular weight excluding hydrogens is 610 g/mol. The van der Waals surface area contributed by atoms with Gasteiger partial charge in [-0.2, -0.15) is 36.8 Å². The van der Waals surface area contributed by atoms with Crippen molar-refractivity contribution in [3.05, 3.63) is 77.4 Å². The van der Waals surface area contributed by atoms with Crippen LogP contribution in [-0.2, 0) is 24.3 Å². The maximum atomic E-state index is 15.4. The van der Waals surface area contributed by atoms with Crippen LogP contribution in [0.3, 0.4) is 0 Å². The average molecular weight is 639 g/mol. The van der Waals surface area contributed by atoms with Crippen molar-refractivity contribution in [2.75, 3.05) is 24.9 Å². The molecule has 15 heteroatoms. The molecule has 1 N–H and O–H groups in total. The highest BCUT2D eigenvalue weighted by atomic mass is 32.2. The number of aromatic nitrogens is 4. The Morgan fingerprint density at radius 3 is 2.36 bits per heavy atom. The van der Waals surface area contributed by atoms with Crippen molar-refractivity contribution < 1.29 is 35.6 Å². The molecule has 3 heterocycles. The third kappa shape index (κ3) is 6.49. The number of anilines is 1. The van der Waals surface area contributed by atoms with Crippen LogP contribution >= 0.6 is 0 Å². The minimum Gasteiger partial charge on any atom is -0.588 e. The number of nitrogens with zero attached hydrogens (tertiary/aromatic N) is 5. The van der Waals surface area contributed by atoms with E-state index in [0.29, 0.717) is 11.1 Å². The minimum atomic E-state index is -6.09. The molecule has 1 fully saturated rings. The molecule has 234 valence electrons. The zero-order chi connectivity index (χ0) is 31.8. The number of piperidine rings is 1. The molecule has 0 radical (unpaired) electrons. The van der Waals surface area contributed by atoms with E-state index in [1.807, 2.05) is 7.05 Å². The molecular formula is C29H28F6N6O2S. The van der Waals surface area contributed by atoms with Crippen molar-refractivity contribution in [1.29, 1.82) is 0 Å². The van der Waals surface area contributed by atoms with Gasteiger partial charge in [-0.3, -0.25) is 4.68 Å². The summed E-state index contributed by atoms with van der Waals surface area (Å²) in [5.41, 5.74) is -1.67. The lowest BCUT2D eigenvalue weighted by molar-refractivity contribution is -0.289. The van der Waals surface area contributed by atoms with E-state index in [0.717, 1.165) is 32.0 Å². The second kappa shape index (κ2) is 12.3. The summed E-state index contributed by atoms with van der Waals surface area (Å²) in [5.74, 6) is -8.94. The van der Waals surface area contributed by atoms with Gasteiger partial charge in [-0.1, -0.05) is 30.3 Å². The number of rotatable bonds is 8. The molecule has 1 saturated heterocycles. The highest BCUT2D eigenvalue weighted by molar-refractivity contribution is 7.92. The maximum absolute atomic E-state index is 15.4. The van der Waals surface area contributed by atoms with Crippen molar-refractivity contribution >= 4 is 17.3 Å². The quantitative estimate of drug-likeness (QED) is 0.169. The molecule has 2 aromatic heterocycles. The minimum absolute atomic E-state index is 0.00250. The molecule has 5 rings (SSSR count). The summed E-state index contributed by atoms with van der Waals surface area (Å²) in [5, 5.41) is 3.91. The third-order valence-corrected chi connectivity index (χ3v) is 8.38. The lowest BCUT2D eigenvalue weighted by atomic mass is 9.89. The monoisotopic (exact) mass is 638 g/mol. The van der Waals surface area contributed by atoms with Crippen molar-refractivity contribution in [1.82, 2.24) is 24.6 Å². The summed E-state index contributed by atoms with van der Waals surface area (Å²) in [6, 6.07) is 9.71. The molecule has 44 heavy (non-hydrogen) atoms. The molecule has 1 unspecified atom stereocenters. The number of aryl methyl sites for hydroxylation is 2. The Kier molecular flexibility index (Phi) is 8.82. The maximum Gasteiger partial charge on any atom is 0.458 e. The Bertz CT molecular complexity index is 1640. The van der Waals surface area contributed by atoms with Gasteiger partial charge in [0.25, 0.3) is 5.95 Å². The smallest absolute Gasteiger partial charge is 0.458 e. The molecule has 0 spiro atoms. The third-order valence-electron chi connectivity index (χ3n) is 7.38. The summed E-state index contributed by atoms with van der Waals surface area (Å²) in [7, 11) is 3.54. The Hall–Kier alpha value is -3.82. The SMILES string of the molecule is Cc1ccccc1-c1nc(N[S+]([O-])c2cnn(C)c2)nc(Oc2cc(C3CCN(C)CC3)ccc2F)c1C(F)(F)C(F)(F)F. The molecule has 0 bridgehead atoms. The fraction of sp³-hybridized carbons (Fsp3) is 0.345. The predicted octanol–water partition coefficient (Wildman–Crippen LogP) is 6.71. The number of ether oxygens (including phenoxy) is 1. The number of nitrogens with one attached hydrogen (secondary N) is 1. The van der Waals surface area contributed by atoms with Crippen LogP contribution in [0.25, 0.3) is 11.3 Å². The lowest BCUT2D eigenvalue weighted by Gasteiger charge is -2.29. The number of likely N-dealkylation sites (tertiary alicyclic amines) is 1. The number of hydrogen-bond acceptors (Lipinski definition) is 7. The van der Waals surface area contributed by atoms with Gasteiger partial charge in [-0.15, -0.1) is 0 Å². The Labute approximate surface area is 252 Å². The van der Waals surface area contributed by atoms with E-state index in [1.165, 1.54) is 54.3 Å². The lowest BCUT2D eigenvalue weighted by Crippen LogP contribution is -2.35. The average Bonchev–Trinajstić information content (AvgIpc) is 3.40. The fourth-order valence-electron chi connectivity index (χ4n) is 4.95. The Morgan fingerprint density at radius 2 is 1.73 bits per heavy atom. The van der Waals surface area contributed by atoms with E-state index in [-0.39, 0.29) is 16.4 Å². The first-order valence-electron chi connectivity index (χ1n) is 13.5. The van der Waals surface area contributed by atoms with Crippen LogP contribution < -0.4 is 9.46 Å². The van der Waals surface area contributed by atoms with Crippen LogP contribution in [0.15, 0.2) is 59.8 Å². The van der Waals surface area contributed by atoms with Gasteiger partial charge in [0, 0.05) is 12.6 Å². The molecule has 1 atom stereocenters. The number of hydrogen-bond donors (Lipinski definition) is 1. The fourth-order valence-corrected chi connectivity index (χ4v) is 5.72. The van der Waals surface area contributed by atoms with Crippen LogP contribution in [0.1, 0.15) is 35.4 Å². The zero-order valence-electron chi connectivity index (χ0n) is 23.8. The van der Waals surface area contributed by atoms with Crippen LogP contribution in [0.4, 0.5) is 32.3 Å². The molecule has 4 aromatic rings. The summed E-state index contributed by atoms with van der Waals surface area (Å²) < 4.78 is 110. The van der Waals surface area contributed by atoms with E-state index in [1.54, 1.807) is 13.1 Å². The first-order chi connectivity index (χ1) is 20.7. The Balaban J connectivity index is 1.68. The molecule has 0 amide bonds. The van der Waals surface area contributed by atoms with Gasteiger partial charge >= 0.3 is 12.1 Å². The highest BCUT2D eigenvalue weighted by Gasteiger charge is 2.62. The molecule has 1 aliphatic rings. The number of benzene rings is 2. The summed E-state index contributed by atoms with van der Waals surface area (Å²) >= 11 is -2.10. The van der Waals surface area contributed by atoms with E-state index < -0.39 is 58.1 Å². The van der Waals surface area contributed by atoms with Gasteiger partial charge in [0.2, 0.25) is 10.8 Å². The van der Waals surface area contributed by atoms with E-state index >= 15 is 13.2 Å². The standard InChI is InChI=1S/C29H28F6N6O2S/c1-17-6-4-5-7-21(17)25-24(28(31,32)29(33,34)35)26(38-27(37-25)39-44(42)20-15-36-41(3)16-20)43-23-14-19(8-9-22(23)30)18-10-12-40(2)13-11-18/h4-9,14-16,18H,10-13H2,1-3H3,(H,37,38,39). The molecule has 1 aliphatic heterocycles. The first kappa shape index (κ1) is 31.6. The molecule has 0 saturated carbocycles. The van der Waals surface area contributed by atoms with Gasteiger partial charge < -0.3 is 14.2 Å². The molecule has 2 aromatic carbocycles. The zero-order valence-corrected chi connectivity index (χ0v) is 24.6. The summed E-state index contributed by atoms with van der Waals surface area (Å²) in [6.07, 6.45) is -1.96. The van der Waals surface area contributed by atoms with Crippen LogP contribution in [0, 0.1) is 12.7 Å². The van der Waals surface area contributed by atoms with Crippen LogP contribution in [-0.4, -0.2) is 55.5 Å². The van der Waals surface area contributed by atoms with Crippen LogP contribution in [0.2, 0.25) is 0 Å². The van der Waals surface area contributed by atoms with E-state index in [9.17, 15) is 17.7 Å². The van der Waals surface area contributed by atoms with Gasteiger partial charge in [0.05, 0.1) is 11.9 Å². The summed E-state index contributed by atoms with van der Waals surface area (Å²) in [4.78, 5) is 10.1. The first-order valence-corrected chi connectivity index (χ1v) is 14.7. The highest BCUT2D eigenvalue weighted by Crippen LogP contribution is 2.51. The van der Waals surface area contributed by atoms with Crippen molar-refractivity contribution in [2.45, 2.75) is 42.7 Å². The Morgan fingerprint density at radius 1 is 1.02 bits per heavy atom. The van der Waals surface area contributed by atoms with Crippen molar-refractivity contribution in [3.63, 3.8) is 0 Å². The predicted molar refractivity (Wildman–Crippen MR) is 151 cm³/mol. The second-order valence-corrected chi connectivity index (χ2v) is 11.8. The number of halogens is 6. The van der Waals surface area contributed by atoms with Gasteiger partial charge in [0.15, 0.2) is 11.6 Å². The number of alkyl halides is 5. The summed E-state index contributed by atoms with van der Waals surface area (Å²) in [6.45, 7) is 3.04. The molecule has 8 nitrogen and oxygen atoms in total.